The lowest BCUT2D eigenvalue weighted by Gasteiger charge is -2.13. The summed E-state index contributed by atoms with van der Waals surface area (Å²) in [6.07, 6.45) is 2.09. The van der Waals surface area contributed by atoms with Crippen molar-refractivity contribution in [2.45, 2.75) is 19.4 Å². The van der Waals surface area contributed by atoms with Gasteiger partial charge in [-0.05, 0) is 18.6 Å². The van der Waals surface area contributed by atoms with Crippen LogP contribution in [0.4, 0.5) is 0 Å². The third-order valence-electron chi connectivity index (χ3n) is 2.04. The Labute approximate surface area is 93.3 Å². The minimum atomic E-state index is -0.250. The maximum atomic E-state index is 11.6. The minimum Gasteiger partial charge on any atom is -0.394 e. The van der Waals surface area contributed by atoms with Gasteiger partial charge in [0.15, 0.2) is 0 Å². The molecule has 1 rings (SSSR count). The fourth-order valence-corrected chi connectivity index (χ4v) is 1.17. The van der Waals surface area contributed by atoms with Gasteiger partial charge >= 0.3 is 0 Å². The molecule has 0 spiro atoms. The molecule has 1 unspecified atom stereocenters. The van der Waals surface area contributed by atoms with Gasteiger partial charge in [0.2, 0.25) is 0 Å². The van der Waals surface area contributed by atoms with Crippen LogP contribution in [0.3, 0.4) is 0 Å². The molecule has 0 radical (unpaired) electrons. The molecule has 1 aromatic heterocycles. The number of hydrogen-bond acceptors (Lipinski definition) is 3. The molecule has 1 atom stereocenters. The van der Waals surface area contributed by atoms with Crippen molar-refractivity contribution in [3.8, 4) is 0 Å². The standard InChI is InChI=1S/C10H13ClN2O2/c1-2-8(6-14)13-10(15)7-3-4-9(11)12-5-7/h3-5,8,14H,2,6H2,1H3,(H,13,15). The molecule has 2 N–H and O–H groups in total. The van der Waals surface area contributed by atoms with Crippen LogP contribution in [-0.2, 0) is 0 Å². The molecule has 0 aromatic carbocycles. The van der Waals surface area contributed by atoms with E-state index in [9.17, 15) is 4.79 Å². The summed E-state index contributed by atoms with van der Waals surface area (Å²) in [6.45, 7) is 1.82. The van der Waals surface area contributed by atoms with Crippen LogP contribution in [0.2, 0.25) is 5.15 Å². The summed E-state index contributed by atoms with van der Waals surface area (Å²) in [5.41, 5.74) is 0.436. The molecule has 1 heterocycles. The number of aliphatic hydroxyl groups is 1. The van der Waals surface area contributed by atoms with E-state index in [0.717, 1.165) is 0 Å². The van der Waals surface area contributed by atoms with Crippen LogP contribution in [0.5, 0.6) is 0 Å². The van der Waals surface area contributed by atoms with Crippen LogP contribution in [0.1, 0.15) is 23.7 Å². The number of pyridine rings is 1. The zero-order valence-electron chi connectivity index (χ0n) is 8.40. The molecule has 1 aromatic rings. The van der Waals surface area contributed by atoms with Crippen molar-refractivity contribution in [2.24, 2.45) is 0 Å². The molecule has 1 amide bonds. The van der Waals surface area contributed by atoms with Gasteiger partial charge in [0.1, 0.15) is 5.15 Å². The smallest absolute Gasteiger partial charge is 0.253 e. The van der Waals surface area contributed by atoms with E-state index < -0.39 is 0 Å². The van der Waals surface area contributed by atoms with Gasteiger partial charge in [0.05, 0.1) is 18.2 Å². The lowest BCUT2D eigenvalue weighted by Crippen LogP contribution is -2.36. The highest BCUT2D eigenvalue weighted by atomic mass is 35.5. The highest BCUT2D eigenvalue weighted by Crippen LogP contribution is 2.05. The van der Waals surface area contributed by atoms with Gasteiger partial charge in [-0.3, -0.25) is 4.79 Å². The number of aromatic nitrogens is 1. The van der Waals surface area contributed by atoms with Gasteiger partial charge < -0.3 is 10.4 Å². The third kappa shape index (κ3) is 3.49. The van der Waals surface area contributed by atoms with Gasteiger partial charge in [0, 0.05) is 6.20 Å². The van der Waals surface area contributed by atoms with Gasteiger partial charge in [0.25, 0.3) is 5.91 Å². The second-order valence-corrected chi connectivity index (χ2v) is 3.52. The summed E-state index contributed by atoms with van der Waals surface area (Å²) in [4.78, 5) is 15.4. The number of carbonyl (C=O) groups is 1. The lowest BCUT2D eigenvalue weighted by molar-refractivity contribution is 0.0914. The first-order chi connectivity index (χ1) is 7.17. The number of hydrogen-bond donors (Lipinski definition) is 2. The molecule has 5 heteroatoms. The summed E-state index contributed by atoms with van der Waals surface area (Å²) in [5.74, 6) is -0.250. The number of aliphatic hydroxyl groups excluding tert-OH is 1. The van der Waals surface area contributed by atoms with Gasteiger partial charge in [-0.1, -0.05) is 18.5 Å². The first kappa shape index (κ1) is 11.9. The topological polar surface area (TPSA) is 62.2 Å². The Bertz CT molecular complexity index is 323. The summed E-state index contributed by atoms with van der Waals surface area (Å²) < 4.78 is 0. The van der Waals surface area contributed by atoms with Crippen molar-refractivity contribution in [2.75, 3.05) is 6.61 Å². The van der Waals surface area contributed by atoms with Gasteiger partial charge in [-0.2, -0.15) is 0 Å². The Kier molecular flexibility index (Phi) is 4.52. The van der Waals surface area contributed by atoms with Crippen molar-refractivity contribution < 1.29 is 9.90 Å². The molecule has 0 aliphatic rings. The summed E-state index contributed by atoms with van der Waals surface area (Å²) in [5, 5.41) is 11.9. The molecular formula is C10H13ClN2O2. The molecule has 15 heavy (non-hydrogen) atoms. The molecule has 4 nitrogen and oxygen atoms in total. The van der Waals surface area contributed by atoms with E-state index in [0.29, 0.717) is 17.1 Å². The third-order valence-corrected chi connectivity index (χ3v) is 2.26. The normalized spacial score (nSPS) is 12.2. The van der Waals surface area contributed by atoms with E-state index in [1.165, 1.54) is 6.20 Å². The lowest BCUT2D eigenvalue weighted by atomic mass is 10.2. The molecule has 82 valence electrons. The predicted molar refractivity (Wildman–Crippen MR) is 57.9 cm³/mol. The number of amides is 1. The summed E-state index contributed by atoms with van der Waals surface area (Å²) >= 11 is 5.59. The van der Waals surface area contributed by atoms with Crippen molar-refractivity contribution in [1.82, 2.24) is 10.3 Å². The molecule has 0 aliphatic heterocycles. The first-order valence-corrected chi connectivity index (χ1v) is 5.08. The summed E-state index contributed by atoms with van der Waals surface area (Å²) in [7, 11) is 0. The minimum absolute atomic E-state index is 0.0662. The van der Waals surface area contributed by atoms with Crippen molar-refractivity contribution in [3.63, 3.8) is 0 Å². The second-order valence-electron chi connectivity index (χ2n) is 3.13. The zero-order chi connectivity index (χ0) is 11.3. The van der Waals surface area contributed by atoms with E-state index >= 15 is 0 Å². The molecule has 0 fully saturated rings. The predicted octanol–water partition coefficient (Wildman–Crippen LogP) is 1.24. The Morgan fingerprint density at radius 1 is 1.67 bits per heavy atom. The molecule has 0 bridgehead atoms. The van der Waals surface area contributed by atoms with Crippen molar-refractivity contribution in [1.29, 1.82) is 0 Å². The highest BCUT2D eigenvalue weighted by molar-refractivity contribution is 6.29. The van der Waals surface area contributed by atoms with Crippen LogP contribution >= 0.6 is 11.6 Å². The quantitative estimate of drug-likeness (QED) is 0.763. The summed E-state index contributed by atoms with van der Waals surface area (Å²) in [6, 6.07) is 2.93. The van der Waals surface area contributed by atoms with Gasteiger partial charge in [-0.15, -0.1) is 0 Å². The van der Waals surface area contributed by atoms with Crippen LogP contribution in [0, 0.1) is 0 Å². The van der Waals surface area contributed by atoms with Crippen LogP contribution < -0.4 is 5.32 Å². The SMILES string of the molecule is CCC(CO)NC(=O)c1ccc(Cl)nc1. The van der Waals surface area contributed by atoms with E-state index in [1.54, 1.807) is 12.1 Å². The number of halogens is 1. The highest BCUT2D eigenvalue weighted by Gasteiger charge is 2.11. The molecule has 0 saturated carbocycles. The zero-order valence-corrected chi connectivity index (χ0v) is 9.16. The number of carbonyl (C=O) groups excluding carboxylic acids is 1. The Morgan fingerprint density at radius 2 is 2.40 bits per heavy atom. The molecular weight excluding hydrogens is 216 g/mol. The number of nitrogens with zero attached hydrogens (tertiary/aromatic N) is 1. The monoisotopic (exact) mass is 228 g/mol. The number of rotatable bonds is 4. The average molecular weight is 229 g/mol. The first-order valence-electron chi connectivity index (χ1n) is 4.70. The van der Waals surface area contributed by atoms with E-state index in [-0.39, 0.29) is 18.6 Å². The maximum absolute atomic E-state index is 11.6. The fourth-order valence-electron chi connectivity index (χ4n) is 1.06. The van der Waals surface area contributed by atoms with E-state index in [1.807, 2.05) is 6.92 Å². The van der Waals surface area contributed by atoms with Crippen molar-refractivity contribution >= 4 is 17.5 Å². The van der Waals surface area contributed by atoms with Gasteiger partial charge in [-0.25, -0.2) is 4.98 Å². The Hall–Kier alpha value is -1.13. The Morgan fingerprint density at radius 3 is 2.87 bits per heavy atom. The molecule has 0 aliphatic carbocycles. The van der Waals surface area contributed by atoms with E-state index in [4.69, 9.17) is 16.7 Å². The van der Waals surface area contributed by atoms with Crippen LogP contribution in [-0.4, -0.2) is 28.6 Å². The second kappa shape index (κ2) is 5.68. The fraction of sp³-hybridized carbons (Fsp3) is 0.400. The van der Waals surface area contributed by atoms with Crippen molar-refractivity contribution in [3.05, 3.63) is 29.0 Å². The molecule has 0 saturated heterocycles. The maximum Gasteiger partial charge on any atom is 0.253 e. The Balaban J connectivity index is 2.64. The van der Waals surface area contributed by atoms with Crippen LogP contribution in [0.15, 0.2) is 18.3 Å². The van der Waals surface area contributed by atoms with Crippen LogP contribution in [0.25, 0.3) is 0 Å². The van der Waals surface area contributed by atoms with E-state index in [2.05, 4.69) is 10.3 Å². The average Bonchev–Trinajstić information content (AvgIpc) is 2.26. The number of nitrogens with one attached hydrogen (secondary N) is 1. The largest absolute Gasteiger partial charge is 0.394 e.